The molecule has 0 aromatic carbocycles. The molecule has 1 N–H and O–H groups in total. The van der Waals surface area contributed by atoms with Gasteiger partial charge in [0.1, 0.15) is 6.10 Å². The zero-order chi connectivity index (χ0) is 17.2. The van der Waals surface area contributed by atoms with Gasteiger partial charge in [0.15, 0.2) is 5.69 Å². The first-order valence-corrected chi connectivity index (χ1v) is 9.74. The molecule has 7 nitrogen and oxygen atoms in total. The molecule has 26 heavy (non-hydrogen) atoms. The maximum Gasteiger partial charge on any atom is 0.276 e. The Morgan fingerprint density at radius 3 is 2.88 bits per heavy atom. The van der Waals surface area contributed by atoms with Gasteiger partial charge >= 0.3 is 0 Å². The summed E-state index contributed by atoms with van der Waals surface area (Å²) in [6, 6.07) is 2.39. The number of carbonyl (C=O) groups is 1. The second-order valence-corrected chi connectivity index (χ2v) is 7.55. The van der Waals surface area contributed by atoms with Crippen LogP contribution < -0.4 is 5.32 Å². The van der Waals surface area contributed by atoms with Crippen molar-refractivity contribution in [1.29, 1.82) is 0 Å². The monoisotopic (exact) mass is 397 g/mol. The number of rotatable bonds is 3. The van der Waals surface area contributed by atoms with Gasteiger partial charge in [0.2, 0.25) is 0 Å². The lowest BCUT2D eigenvalue weighted by Crippen LogP contribution is -2.46. The van der Waals surface area contributed by atoms with Crippen LogP contribution in [0.25, 0.3) is 0 Å². The molecule has 9 heteroatoms. The summed E-state index contributed by atoms with van der Waals surface area (Å²) in [6.07, 6.45) is 3.77. The number of halogens is 1. The van der Waals surface area contributed by atoms with Gasteiger partial charge in [0, 0.05) is 6.54 Å². The highest BCUT2D eigenvalue weighted by Crippen LogP contribution is 2.27. The summed E-state index contributed by atoms with van der Waals surface area (Å²) in [6.45, 7) is 5.11. The molecular weight excluding hydrogens is 374 g/mol. The number of thiophene rings is 1. The minimum absolute atomic E-state index is 0. The molecule has 1 amide bonds. The maximum absolute atomic E-state index is 12.9. The van der Waals surface area contributed by atoms with Crippen molar-refractivity contribution >= 4 is 29.7 Å². The van der Waals surface area contributed by atoms with E-state index >= 15 is 0 Å². The molecule has 2 aromatic heterocycles. The van der Waals surface area contributed by atoms with E-state index in [9.17, 15) is 4.79 Å². The molecule has 2 atom stereocenters. The van der Waals surface area contributed by atoms with Crippen molar-refractivity contribution in [2.45, 2.75) is 38.0 Å². The summed E-state index contributed by atoms with van der Waals surface area (Å²) in [5.41, 5.74) is 1.56. The van der Waals surface area contributed by atoms with Crippen LogP contribution in [0, 0.1) is 0 Å². The van der Waals surface area contributed by atoms with Crippen molar-refractivity contribution in [2.24, 2.45) is 0 Å². The summed E-state index contributed by atoms with van der Waals surface area (Å²) in [7, 11) is 0. The second kappa shape index (κ2) is 8.47. The summed E-state index contributed by atoms with van der Waals surface area (Å²) < 4.78 is 7.87. The molecule has 4 heterocycles. The summed E-state index contributed by atoms with van der Waals surface area (Å²) >= 11 is 1.65. The van der Waals surface area contributed by atoms with Crippen molar-refractivity contribution in [2.75, 3.05) is 26.2 Å². The second-order valence-electron chi connectivity index (χ2n) is 6.77. The lowest BCUT2D eigenvalue weighted by molar-refractivity contribution is -0.0691. The van der Waals surface area contributed by atoms with Gasteiger partial charge in [0.05, 0.1) is 24.9 Å². The number of amides is 1. The minimum atomic E-state index is -0.0709. The van der Waals surface area contributed by atoms with E-state index in [4.69, 9.17) is 4.74 Å². The van der Waals surface area contributed by atoms with Gasteiger partial charge < -0.3 is 15.0 Å². The average Bonchev–Trinajstić information content (AvgIpc) is 3.33. The fourth-order valence-electron chi connectivity index (χ4n) is 3.55. The van der Waals surface area contributed by atoms with Gasteiger partial charge in [-0.25, -0.2) is 4.68 Å². The number of morpholine rings is 1. The third-order valence-corrected chi connectivity index (χ3v) is 5.58. The molecule has 2 unspecified atom stereocenters. The molecule has 4 rings (SSSR count). The Morgan fingerprint density at radius 2 is 2.15 bits per heavy atom. The molecule has 2 aliphatic heterocycles. The number of nitrogens with zero attached hydrogens (tertiary/aromatic N) is 4. The van der Waals surface area contributed by atoms with Crippen LogP contribution in [0.3, 0.4) is 0 Å². The van der Waals surface area contributed by atoms with Gasteiger partial charge in [-0.1, -0.05) is 5.21 Å². The minimum Gasteiger partial charge on any atom is -0.367 e. The Bertz CT molecular complexity index is 717. The van der Waals surface area contributed by atoms with Gasteiger partial charge in [-0.3, -0.25) is 4.79 Å². The van der Waals surface area contributed by atoms with Crippen LogP contribution in [0.15, 0.2) is 23.0 Å². The molecule has 0 aliphatic carbocycles. The van der Waals surface area contributed by atoms with Crippen LogP contribution in [0.2, 0.25) is 0 Å². The summed E-state index contributed by atoms with van der Waals surface area (Å²) in [5, 5.41) is 15.8. The highest BCUT2D eigenvalue weighted by molar-refractivity contribution is 7.07. The van der Waals surface area contributed by atoms with E-state index in [2.05, 4.69) is 27.1 Å². The number of piperidine rings is 1. The van der Waals surface area contributed by atoms with Crippen molar-refractivity contribution in [3.05, 3.63) is 34.3 Å². The van der Waals surface area contributed by atoms with Crippen molar-refractivity contribution in [1.82, 2.24) is 25.2 Å². The molecule has 2 saturated heterocycles. The molecule has 2 fully saturated rings. The lowest BCUT2D eigenvalue weighted by Gasteiger charge is -2.36. The van der Waals surface area contributed by atoms with Crippen molar-refractivity contribution in [3.8, 4) is 0 Å². The summed E-state index contributed by atoms with van der Waals surface area (Å²) in [4.78, 5) is 14.7. The molecule has 2 aromatic rings. The highest BCUT2D eigenvalue weighted by atomic mass is 35.5. The third kappa shape index (κ3) is 4.09. The first-order valence-electron chi connectivity index (χ1n) is 8.80. The highest BCUT2D eigenvalue weighted by Gasteiger charge is 2.31. The average molecular weight is 398 g/mol. The van der Waals surface area contributed by atoms with Crippen molar-refractivity contribution < 1.29 is 9.53 Å². The largest absolute Gasteiger partial charge is 0.367 e. The van der Waals surface area contributed by atoms with Crippen LogP contribution in [0.4, 0.5) is 0 Å². The van der Waals surface area contributed by atoms with Crippen LogP contribution in [-0.2, 0) is 4.74 Å². The smallest absolute Gasteiger partial charge is 0.276 e. The van der Waals surface area contributed by atoms with E-state index in [1.165, 1.54) is 0 Å². The predicted molar refractivity (Wildman–Crippen MR) is 102 cm³/mol. The molecular formula is C17H24ClN5O2S. The van der Waals surface area contributed by atoms with Gasteiger partial charge in [-0.2, -0.15) is 11.3 Å². The normalized spacial score (nSPS) is 24.3. The quantitative estimate of drug-likeness (QED) is 0.860. The molecule has 0 radical (unpaired) electrons. The standard InChI is InChI=1S/C17H23N5O2S.ClH/c1-12-8-21(10-16(24-12)13-4-7-25-11-13)17(23)15-9-22(20-19-15)14-2-5-18-6-3-14;/h4,7,9,11-12,14,16,18H,2-3,5-6,8,10H2,1H3;1H. The Kier molecular flexibility index (Phi) is 6.29. The number of nitrogens with one attached hydrogen (secondary N) is 1. The van der Waals surface area contributed by atoms with Gasteiger partial charge in [-0.15, -0.1) is 17.5 Å². The Hall–Kier alpha value is -1.48. The topological polar surface area (TPSA) is 72.3 Å². The van der Waals surface area contributed by atoms with Crippen LogP contribution in [0.5, 0.6) is 0 Å². The number of ether oxygens (including phenoxy) is 1. The lowest BCUT2D eigenvalue weighted by atomic mass is 10.1. The molecule has 0 bridgehead atoms. The SMILES string of the molecule is CC1CN(C(=O)c2cn(C3CCNCC3)nn2)CC(c2ccsc2)O1.Cl. The zero-order valence-corrected chi connectivity index (χ0v) is 16.3. The van der Waals surface area contributed by atoms with E-state index in [0.717, 1.165) is 31.5 Å². The van der Waals surface area contributed by atoms with E-state index in [-0.39, 0.29) is 30.5 Å². The van der Waals surface area contributed by atoms with Gasteiger partial charge in [0.25, 0.3) is 5.91 Å². The van der Waals surface area contributed by atoms with E-state index in [1.54, 1.807) is 17.5 Å². The first-order chi connectivity index (χ1) is 12.2. The van der Waals surface area contributed by atoms with Crippen LogP contribution in [0.1, 0.15) is 48.0 Å². The van der Waals surface area contributed by atoms with Gasteiger partial charge in [-0.05, 0) is 55.2 Å². The maximum atomic E-state index is 12.9. The Balaban J connectivity index is 0.00000196. The number of carbonyl (C=O) groups excluding carboxylic acids is 1. The van der Waals surface area contributed by atoms with E-state index in [0.29, 0.717) is 24.8 Å². The Morgan fingerprint density at radius 1 is 1.35 bits per heavy atom. The Labute approximate surface area is 163 Å². The van der Waals surface area contributed by atoms with Crippen molar-refractivity contribution in [3.63, 3.8) is 0 Å². The molecule has 142 valence electrons. The van der Waals surface area contributed by atoms with E-state index < -0.39 is 0 Å². The molecule has 0 saturated carbocycles. The summed E-state index contributed by atoms with van der Waals surface area (Å²) in [5.74, 6) is -0.0597. The fraction of sp³-hybridized carbons (Fsp3) is 0.588. The van der Waals surface area contributed by atoms with Crippen LogP contribution in [-0.4, -0.2) is 58.1 Å². The predicted octanol–water partition coefficient (Wildman–Crippen LogP) is 2.29. The number of hydrogen-bond donors (Lipinski definition) is 1. The number of aromatic nitrogens is 3. The van der Waals surface area contributed by atoms with Crippen LogP contribution >= 0.6 is 23.7 Å². The fourth-order valence-corrected chi connectivity index (χ4v) is 4.25. The molecule has 2 aliphatic rings. The third-order valence-electron chi connectivity index (χ3n) is 4.87. The zero-order valence-electron chi connectivity index (χ0n) is 14.7. The van der Waals surface area contributed by atoms with E-state index in [1.807, 2.05) is 21.9 Å². The number of hydrogen-bond acceptors (Lipinski definition) is 6. The molecule has 0 spiro atoms. The first kappa shape index (κ1) is 19.3.